The molecule has 0 aliphatic heterocycles. The highest BCUT2D eigenvalue weighted by atomic mass is 16.5. The molecule has 3 nitrogen and oxygen atoms in total. The number of pyridine rings is 1. The summed E-state index contributed by atoms with van der Waals surface area (Å²) in [5, 5.41) is 11.3. The summed E-state index contributed by atoms with van der Waals surface area (Å²) in [7, 11) is 1.44. The van der Waals surface area contributed by atoms with Gasteiger partial charge in [-0.1, -0.05) is 5.21 Å². The minimum atomic E-state index is 0.581. The van der Waals surface area contributed by atoms with Gasteiger partial charge < -0.3 is 0 Å². The van der Waals surface area contributed by atoms with Crippen LogP contribution in [-0.2, 0) is 5.21 Å². The van der Waals surface area contributed by atoms with Gasteiger partial charge in [0.25, 0.3) is 0 Å². The van der Waals surface area contributed by atoms with Crippen LogP contribution in [0.25, 0.3) is 0 Å². The Bertz CT molecular complexity index is 174. The Morgan fingerprint density at radius 2 is 2.44 bits per heavy atom. The van der Waals surface area contributed by atoms with Gasteiger partial charge in [0.15, 0.2) is 0 Å². The van der Waals surface area contributed by atoms with Crippen LogP contribution < -0.4 is 5.06 Å². The number of aromatic nitrogens is 1. The summed E-state index contributed by atoms with van der Waals surface area (Å²) < 4.78 is 0. The zero-order valence-corrected chi connectivity index (χ0v) is 5.11. The Kier molecular flexibility index (Phi) is 1.65. The molecule has 0 atom stereocenters. The van der Waals surface area contributed by atoms with Gasteiger partial charge in [0.2, 0.25) is 0 Å². The van der Waals surface area contributed by atoms with Gasteiger partial charge in [0.05, 0.1) is 11.9 Å². The standard InChI is InChI=1S/C6H7N2O/c1-8(9)6-3-2-4-7-5-6/h2-5H,1H3. The molecule has 0 fully saturated rings. The Morgan fingerprint density at radius 1 is 1.67 bits per heavy atom. The van der Waals surface area contributed by atoms with Gasteiger partial charge in [-0.2, -0.15) is 0 Å². The van der Waals surface area contributed by atoms with Gasteiger partial charge in [-0.25, -0.2) is 5.06 Å². The molecule has 1 aromatic rings. The summed E-state index contributed by atoms with van der Waals surface area (Å²) in [5.74, 6) is 0. The summed E-state index contributed by atoms with van der Waals surface area (Å²) >= 11 is 0. The van der Waals surface area contributed by atoms with Crippen molar-refractivity contribution in [1.82, 2.24) is 4.98 Å². The number of hydrogen-bond acceptors (Lipinski definition) is 2. The molecule has 3 heteroatoms. The van der Waals surface area contributed by atoms with E-state index in [4.69, 9.17) is 0 Å². The first-order valence-corrected chi connectivity index (χ1v) is 2.61. The largest absolute Gasteiger partial charge is 0.262 e. The maximum absolute atomic E-state index is 10.5. The maximum atomic E-state index is 10.5. The van der Waals surface area contributed by atoms with E-state index >= 15 is 0 Å². The van der Waals surface area contributed by atoms with E-state index in [0.717, 1.165) is 5.06 Å². The van der Waals surface area contributed by atoms with Crippen LogP contribution >= 0.6 is 0 Å². The topological polar surface area (TPSA) is 36.0 Å². The molecule has 9 heavy (non-hydrogen) atoms. The molecule has 0 N–H and O–H groups in total. The Morgan fingerprint density at radius 3 is 2.78 bits per heavy atom. The van der Waals surface area contributed by atoms with Crippen molar-refractivity contribution in [2.45, 2.75) is 0 Å². The van der Waals surface area contributed by atoms with Crippen molar-refractivity contribution in [3.05, 3.63) is 24.5 Å². The van der Waals surface area contributed by atoms with E-state index < -0.39 is 0 Å². The van der Waals surface area contributed by atoms with Crippen molar-refractivity contribution in [2.75, 3.05) is 12.1 Å². The van der Waals surface area contributed by atoms with Crippen molar-refractivity contribution in [3.63, 3.8) is 0 Å². The summed E-state index contributed by atoms with van der Waals surface area (Å²) in [4.78, 5) is 3.76. The summed E-state index contributed by atoms with van der Waals surface area (Å²) in [6, 6.07) is 3.43. The molecule has 0 saturated carbocycles. The highest BCUT2D eigenvalue weighted by Gasteiger charge is 1.93. The molecule has 1 heterocycles. The third-order valence-corrected chi connectivity index (χ3v) is 1.01. The fraction of sp³-hybridized carbons (Fsp3) is 0.167. The van der Waals surface area contributed by atoms with Crippen molar-refractivity contribution in [3.8, 4) is 0 Å². The molecule has 1 radical (unpaired) electrons. The molecule has 0 bridgehead atoms. The normalized spacial score (nSPS) is 9.11. The summed E-state index contributed by atoms with van der Waals surface area (Å²) in [6.45, 7) is 0. The molecular weight excluding hydrogens is 116 g/mol. The Hall–Kier alpha value is -1.09. The van der Waals surface area contributed by atoms with E-state index in [1.807, 2.05) is 0 Å². The molecule has 47 valence electrons. The fourth-order valence-electron chi connectivity index (χ4n) is 0.540. The zero-order chi connectivity index (χ0) is 6.69. The van der Waals surface area contributed by atoms with Gasteiger partial charge in [-0.05, 0) is 12.1 Å². The molecule has 0 aliphatic carbocycles. The van der Waals surface area contributed by atoms with Crippen LogP contribution in [0.2, 0.25) is 0 Å². The summed E-state index contributed by atoms with van der Waals surface area (Å²) in [5.41, 5.74) is 0.581. The van der Waals surface area contributed by atoms with E-state index in [0.29, 0.717) is 5.69 Å². The van der Waals surface area contributed by atoms with Crippen LogP contribution in [0.5, 0.6) is 0 Å². The van der Waals surface area contributed by atoms with E-state index in [1.54, 1.807) is 18.3 Å². The third-order valence-electron chi connectivity index (χ3n) is 1.01. The van der Waals surface area contributed by atoms with Crippen molar-refractivity contribution in [2.24, 2.45) is 0 Å². The monoisotopic (exact) mass is 123 g/mol. The molecular formula is C6H7N2O. The van der Waals surface area contributed by atoms with E-state index in [-0.39, 0.29) is 0 Å². The molecule has 1 rings (SSSR count). The van der Waals surface area contributed by atoms with Crippen molar-refractivity contribution in [1.29, 1.82) is 0 Å². The predicted molar refractivity (Wildman–Crippen MR) is 33.3 cm³/mol. The Labute approximate surface area is 53.5 Å². The second-order valence-corrected chi connectivity index (χ2v) is 1.71. The van der Waals surface area contributed by atoms with E-state index in [2.05, 4.69) is 4.98 Å². The SMILES string of the molecule is CN([O])c1cccnc1. The highest BCUT2D eigenvalue weighted by molar-refractivity contribution is 5.38. The lowest BCUT2D eigenvalue weighted by molar-refractivity contribution is 0.177. The van der Waals surface area contributed by atoms with Crippen molar-refractivity contribution >= 4 is 5.69 Å². The first kappa shape index (κ1) is 6.04. The second kappa shape index (κ2) is 2.46. The van der Waals surface area contributed by atoms with Crippen molar-refractivity contribution < 1.29 is 5.21 Å². The smallest absolute Gasteiger partial charge is 0.0847 e. The maximum Gasteiger partial charge on any atom is 0.0847 e. The minimum Gasteiger partial charge on any atom is -0.262 e. The minimum absolute atomic E-state index is 0.581. The summed E-state index contributed by atoms with van der Waals surface area (Å²) in [6.07, 6.45) is 3.15. The molecule has 0 aromatic carbocycles. The highest BCUT2D eigenvalue weighted by Crippen LogP contribution is 2.05. The van der Waals surface area contributed by atoms with Crippen LogP contribution in [0.4, 0.5) is 5.69 Å². The second-order valence-electron chi connectivity index (χ2n) is 1.71. The lowest BCUT2D eigenvalue weighted by Gasteiger charge is -2.03. The van der Waals surface area contributed by atoms with Gasteiger partial charge in [-0.3, -0.25) is 4.98 Å². The number of hydroxylamine groups is 1. The molecule has 0 saturated heterocycles. The van der Waals surface area contributed by atoms with Gasteiger partial charge in [-0.15, -0.1) is 0 Å². The number of anilines is 1. The van der Waals surface area contributed by atoms with E-state index in [9.17, 15) is 5.21 Å². The van der Waals surface area contributed by atoms with Gasteiger partial charge in [0, 0.05) is 13.2 Å². The number of nitrogens with zero attached hydrogens (tertiary/aromatic N) is 2. The molecule has 0 amide bonds. The Balaban J connectivity index is 2.85. The van der Waals surface area contributed by atoms with Crippen LogP contribution in [0.3, 0.4) is 0 Å². The lowest BCUT2D eigenvalue weighted by Crippen LogP contribution is -2.06. The van der Waals surface area contributed by atoms with Gasteiger partial charge in [0.1, 0.15) is 0 Å². The number of hydrogen-bond donors (Lipinski definition) is 0. The third kappa shape index (κ3) is 1.40. The quantitative estimate of drug-likeness (QED) is 0.519. The molecule has 0 aliphatic rings. The first-order chi connectivity index (χ1) is 4.30. The lowest BCUT2D eigenvalue weighted by atomic mass is 10.4. The van der Waals surface area contributed by atoms with Crippen LogP contribution in [0, 0.1) is 0 Å². The average Bonchev–Trinajstić information content (AvgIpc) is 1.90. The van der Waals surface area contributed by atoms with Crippen LogP contribution in [-0.4, -0.2) is 12.0 Å². The van der Waals surface area contributed by atoms with Crippen LogP contribution in [0.1, 0.15) is 0 Å². The first-order valence-electron chi connectivity index (χ1n) is 2.61. The fourth-order valence-corrected chi connectivity index (χ4v) is 0.540. The average molecular weight is 123 g/mol. The molecule has 0 spiro atoms. The number of rotatable bonds is 1. The van der Waals surface area contributed by atoms with Crippen LogP contribution in [0.15, 0.2) is 24.5 Å². The molecule has 0 unspecified atom stereocenters. The predicted octanol–water partition coefficient (Wildman–Crippen LogP) is 0.863. The zero-order valence-electron chi connectivity index (χ0n) is 5.11. The van der Waals surface area contributed by atoms with Gasteiger partial charge >= 0.3 is 0 Å². The van der Waals surface area contributed by atoms with E-state index in [1.165, 1.54) is 13.2 Å². The molecule has 1 aromatic heterocycles.